The van der Waals surface area contributed by atoms with Crippen molar-refractivity contribution in [3.63, 3.8) is 0 Å². The monoisotopic (exact) mass is 358 g/mol. The van der Waals surface area contributed by atoms with Crippen molar-refractivity contribution in [2.75, 3.05) is 13.6 Å². The molecule has 1 amide bonds. The number of carbonyl (C=O) groups is 2. The summed E-state index contributed by atoms with van der Waals surface area (Å²) in [6, 6.07) is 5.05. The predicted molar refractivity (Wildman–Crippen MR) is 87.1 cm³/mol. The Kier molecular flexibility index (Phi) is 6.09. The third kappa shape index (κ3) is 4.53. The summed E-state index contributed by atoms with van der Waals surface area (Å²) in [6.07, 6.45) is 0. The van der Waals surface area contributed by atoms with E-state index in [0.717, 1.165) is 6.92 Å². The third-order valence-corrected chi connectivity index (χ3v) is 5.62. The topological polar surface area (TPSA) is 124 Å². The first-order chi connectivity index (χ1) is 10.9. The van der Waals surface area contributed by atoms with Crippen LogP contribution in [-0.2, 0) is 14.8 Å². The highest BCUT2D eigenvalue weighted by Crippen LogP contribution is 2.17. The summed E-state index contributed by atoms with van der Waals surface area (Å²) in [6.45, 7) is 4.08. The van der Waals surface area contributed by atoms with Crippen molar-refractivity contribution in [3.8, 4) is 0 Å². The van der Waals surface area contributed by atoms with Crippen LogP contribution in [0.3, 0.4) is 0 Å². The molecule has 1 rings (SSSR count). The second-order valence-electron chi connectivity index (χ2n) is 5.90. The van der Waals surface area contributed by atoms with E-state index in [0.29, 0.717) is 0 Å². The van der Waals surface area contributed by atoms with E-state index in [1.165, 1.54) is 35.6 Å². The average Bonchev–Trinajstić information content (AvgIpc) is 2.51. The lowest BCUT2D eigenvalue weighted by Crippen LogP contribution is -2.46. The number of rotatable bonds is 7. The quantitative estimate of drug-likeness (QED) is 0.643. The summed E-state index contributed by atoms with van der Waals surface area (Å²) in [5.74, 6) is -2.07. The van der Waals surface area contributed by atoms with E-state index >= 15 is 0 Å². The number of sulfonamides is 1. The van der Waals surface area contributed by atoms with Gasteiger partial charge in [0.2, 0.25) is 10.0 Å². The van der Waals surface area contributed by atoms with Gasteiger partial charge in [-0.05, 0) is 45.0 Å². The number of aliphatic carboxylic acids is 1. The van der Waals surface area contributed by atoms with Gasteiger partial charge >= 0.3 is 5.97 Å². The number of carbonyl (C=O) groups excluding carboxylic acids is 1. The van der Waals surface area contributed by atoms with Gasteiger partial charge in [0.25, 0.3) is 5.91 Å². The van der Waals surface area contributed by atoms with Gasteiger partial charge in [-0.15, -0.1) is 0 Å². The van der Waals surface area contributed by atoms with E-state index in [4.69, 9.17) is 5.11 Å². The Hall–Kier alpha value is -1.97. The second-order valence-corrected chi connectivity index (χ2v) is 7.90. The minimum Gasteiger partial charge on any atom is -0.479 e. The Morgan fingerprint density at radius 3 is 2.17 bits per heavy atom. The zero-order valence-corrected chi connectivity index (χ0v) is 14.8. The highest BCUT2D eigenvalue weighted by Gasteiger charge is 2.30. The molecular weight excluding hydrogens is 336 g/mol. The van der Waals surface area contributed by atoms with Crippen LogP contribution in [0.25, 0.3) is 0 Å². The fourth-order valence-electron chi connectivity index (χ4n) is 1.65. The van der Waals surface area contributed by atoms with Crippen molar-refractivity contribution in [2.24, 2.45) is 0 Å². The fraction of sp³-hybridized carbons (Fsp3) is 0.467. The van der Waals surface area contributed by atoms with Gasteiger partial charge in [-0.2, -0.15) is 4.31 Å². The number of carboxylic acids is 1. The zero-order valence-electron chi connectivity index (χ0n) is 14.0. The van der Waals surface area contributed by atoms with Crippen LogP contribution in [0.2, 0.25) is 0 Å². The largest absolute Gasteiger partial charge is 0.479 e. The molecule has 1 aromatic rings. The van der Waals surface area contributed by atoms with E-state index in [1.807, 2.05) is 0 Å². The number of hydrogen-bond acceptors (Lipinski definition) is 5. The molecule has 0 spiro atoms. The smallest absolute Gasteiger partial charge is 0.337 e. The summed E-state index contributed by atoms with van der Waals surface area (Å²) >= 11 is 0. The number of benzene rings is 1. The maximum absolute atomic E-state index is 12.3. The highest BCUT2D eigenvalue weighted by molar-refractivity contribution is 7.89. The van der Waals surface area contributed by atoms with Crippen molar-refractivity contribution < 1.29 is 28.2 Å². The molecule has 0 saturated carbocycles. The van der Waals surface area contributed by atoms with E-state index in [1.54, 1.807) is 13.8 Å². The lowest BCUT2D eigenvalue weighted by Gasteiger charge is -2.21. The molecule has 24 heavy (non-hydrogen) atoms. The summed E-state index contributed by atoms with van der Waals surface area (Å²) in [5.41, 5.74) is -1.93. The minimum atomic E-state index is -3.64. The molecule has 1 aromatic carbocycles. The summed E-state index contributed by atoms with van der Waals surface area (Å²) in [5, 5.41) is 20.6. The first-order valence-electron chi connectivity index (χ1n) is 7.21. The first-order valence-corrected chi connectivity index (χ1v) is 8.65. The maximum atomic E-state index is 12.3. The van der Waals surface area contributed by atoms with Crippen molar-refractivity contribution in [1.29, 1.82) is 0 Å². The van der Waals surface area contributed by atoms with Gasteiger partial charge in [-0.3, -0.25) is 4.79 Å². The molecule has 9 heteroatoms. The van der Waals surface area contributed by atoms with Gasteiger partial charge in [0.05, 0.1) is 11.4 Å². The number of hydrogen-bond donors (Lipinski definition) is 3. The van der Waals surface area contributed by atoms with Crippen LogP contribution in [0, 0.1) is 0 Å². The Morgan fingerprint density at radius 1 is 1.25 bits per heavy atom. The van der Waals surface area contributed by atoms with Crippen molar-refractivity contribution in [2.45, 2.75) is 37.3 Å². The lowest BCUT2D eigenvalue weighted by atomic mass is 10.1. The second kappa shape index (κ2) is 7.29. The molecule has 0 radical (unpaired) electrons. The van der Waals surface area contributed by atoms with Crippen LogP contribution in [0.15, 0.2) is 29.2 Å². The molecule has 0 saturated heterocycles. The standard InChI is InChI=1S/C15H22N2O6S/c1-10(2)17(4)24(22,23)12-7-5-11(6-8-12)13(18)16-9-15(3,21)14(19)20/h5-8,10,21H,9H2,1-4H3,(H,16,18)(H,19,20). The van der Waals surface area contributed by atoms with Gasteiger partial charge in [-0.25, -0.2) is 13.2 Å². The van der Waals surface area contributed by atoms with E-state index in [-0.39, 0.29) is 16.5 Å². The minimum absolute atomic E-state index is 0.0489. The normalized spacial score (nSPS) is 14.5. The van der Waals surface area contributed by atoms with Crippen LogP contribution in [0.5, 0.6) is 0 Å². The van der Waals surface area contributed by atoms with Crippen molar-refractivity contribution >= 4 is 21.9 Å². The maximum Gasteiger partial charge on any atom is 0.337 e. The van der Waals surface area contributed by atoms with Gasteiger partial charge < -0.3 is 15.5 Å². The highest BCUT2D eigenvalue weighted by atomic mass is 32.2. The van der Waals surface area contributed by atoms with Crippen LogP contribution in [-0.4, -0.2) is 60.0 Å². The molecule has 0 bridgehead atoms. The SMILES string of the molecule is CC(C)N(C)S(=O)(=O)c1ccc(C(=O)NCC(C)(O)C(=O)O)cc1. The van der Waals surface area contributed by atoms with Gasteiger partial charge in [0.15, 0.2) is 5.60 Å². The van der Waals surface area contributed by atoms with E-state index in [9.17, 15) is 23.1 Å². The molecule has 0 aliphatic rings. The fourth-order valence-corrected chi connectivity index (χ4v) is 3.02. The molecule has 134 valence electrons. The molecule has 0 aliphatic carbocycles. The van der Waals surface area contributed by atoms with Crippen LogP contribution < -0.4 is 5.32 Å². The number of carboxylic acid groups (broad SMARTS) is 1. The molecule has 3 N–H and O–H groups in total. The predicted octanol–water partition coefficient (Wildman–Crippen LogP) is 0.281. The average molecular weight is 358 g/mol. The van der Waals surface area contributed by atoms with Crippen molar-refractivity contribution in [1.82, 2.24) is 9.62 Å². The molecule has 8 nitrogen and oxygen atoms in total. The van der Waals surface area contributed by atoms with E-state index < -0.39 is 34.0 Å². The number of nitrogens with one attached hydrogen (secondary N) is 1. The number of aliphatic hydroxyl groups is 1. The lowest BCUT2D eigenvalue weighted by molar-refractivity contribution is -0.155. The zero-order chi connectivity index (χ0) is 18.7. The third-order valence-electron chi connectivity index (χ3n) is 3.57. The molecule has 0 aromatic heterocycles. The molecular formula is C15H22N2O6S. The summed E-state index contributed by atoms with van der Waals surface area (Å²) in [4.78, 5) is 22.8. The summed E-state index contributed by atoms with van der Waals surface area (Å²) < 4.78 is 25.8. The number of nitrogens with zero attached hydrogens (tertiary/aromatic N) is 1. The molecule has 1 atom stereocenters. The van der Waals surface area contributed by atoms with Crippen LogP contribution in [0.1, 0.15) is 31.1 Å². The molecule has 0 fully saturated rings. The molecule has 0 aliphatic heterocycles. The van der Waals surface area contributed by atoms with Gasteiger partial charge in [-0.1, -0.05) is 0 Å². The molecule has 0 heterocycles. The number of amides is 1. The summed E-state index contributed by atoms with van der Waals surface area (Å²) in [7, 11) is -2.18. The van der Waals surface area contributed by atoms with E-state index in [2.05, 4.69) is 5.32 Å². The Labute approximate surface area is 141 Å². The first kappa shape index (κ1) is 20.1. The van der Waals surface area contributed by atoms with Crippen molar-refractivity contribution in [3.05, 3.63) is 29.8 Å². The molecule has 1 unspecified atom stereocenters. The Morgan fingerprint density at radius 2 is 1.75 bits per heavy atom. The van der Waals surface area contributed by atoms with Crippen LogP contribution in [0.4, 0.5) is 0 Å². The Bertz CT molecular complexity index is 710. The van der Waals surface area contributed by atoms with Gasteiger partial charge in [0, 0.05) is 18.7 Å². The van der Waals surface area contributed by atoms with Crippen LogP contribution >= 0.6 is 0 Å². The van der Waals surface area contributed by atoms with Gasteiger partial charge in [0.1, 0.15) is 0 Å². The Balaban J connectivity index is 2.88.